The number of aromatic nitrogens is 1. The number of hydrogen-bond acceptors (Lipinski definition) is 3. The molecule has 4 heteroatoms. The standard InChI is InChI=1S/C68H47N3O/c1-41-28-29-45-36-56-51-22-11-17-46(51)37-58(57(56)38-48(45)34-41)59-39-49(40-64-66(59)54-33-32-43-15-7-8-20-52(43)67(54)72-64)61-25-13-24-60(47-31-30-42-14-5-6-16-44(42)35-47)69-68(70-61)55-23-12-27-63-65(55)53-21-9-10-26-62(53)71(63)50-18-3-2-4-19-50/h2-12,14-21,23-24,26-36,38-40,58H,13,22,25,37H2,1H3/b60-24-,69-68?,70-61?. The van der Waals surface area contributed by atoms with Crippen LogP contribution in [0.15, 0.2) is 232 Å². The molecule has 15 rings (SSSR count). The van der Waals surface area contributed by atoms with Crippen molar-refractivity contribution < 1.29 is 4.42 Å². The van der Waals surface area contributed by atoms with Crippen LogP contribution in [0.3, 0.4) is 0 Å². The van der Waals surface area contributed by atoms with Crippen molar-refractivity contribution in [2.75, 3.05) is 0 Å². The summed E-state index contributed by atoms with van der Waals surface area (Å²) in [6, 6.07) is 71.0. The number of furan rings is 1. The Labute approximate surface area is 416 Å². The zero-order valence-corrected chi connectivity index (χ0v) is 39.9. The molecule has 0 amide bonds. The van der Waals surface area contributed by atoms with E-state index in [4.69, 9.17) is 14.4 Å². The highest BCUT2D eigenvalue weighted by Crippen LogP contribution is 2.51. The minimum atomic E-state index is 0.0840. The molecule has 2 aromatic heterocycles. The SMILES string of the molecule is Cc1ccc2cc3c(cc2c1)C(c1cc(C2=NC(c4cccc5c4c4ccccc4n5-c4ccccc4)=N/C(c4ccc5ccccc5c4)=C\CC2)cc2oc4c5ccccc5ccc4c12)CC1=C3CC=C1. The Balaban J connectivity index is 0.992. The highest BCUT2D eigenvalue weighted by Gasteiger charge is 2.32. The van der Waals surface area contributed by atoms with Crippen LogP contribution in [0, 0.1) is 6.92 Å². The van der Waals surface area contributed by atoms with Gasteiger partial charge in [-0.2, -0.15) is 0 Å². The van der Waals surface area contributed by atoms with Crippen LogP contribution in [0.2, 0.25) is 0 Å². The highest BCUT2D eigenvalue weighted by molar-refractivity contribution is 6.25. The summed E-state index contributed by atoms with van der Waals surface area (Å²) in [5.74, 6) is 0.777. The molecule has 1 unspecified atom stereocenters. The van der Waals surface area contributed by atoms with E-state index >= 15 is 0 Å². The van der Waals surface area contributed by atoms with Gasteiger partial charge in [-0.1, -0.05) is 157 Å². The van der Waals surface area contributed by atoms with Crippen molar-refractivity contribution in [3.05, 3.63) is 257 Å². The zero-order chi connectivity index (χ0) is 47.4. The van der Waals surface area contributed by atoms with E-state index in [9.17, 15) is 0 Å². The average Bonchev–Trinajstić information content (AvgIpc) is 4.15. The Morgan fingerprint density at radius 3 is 2.24 bits per heavy atom. The third-order valence-corrected chi connectivity index (χ3v) is 15.7. The van der Waals surface area contributed by atoms with Gasteiger partial charge >= 0.3 is 0 Å². The fourth-order valence-corrected chi connectivity index (χ4v) is 12.4. The molecule has 3 aliphatic rings. The van der Waals surface area contributed by atoms with Crippen LogP contribution in [0.5, 0.6) is 0 Å². The minimum Gasteiger partial charge on any atom is -0.455 e. The van der Waals surface area contributed by atoms with E-state index in [2.05, 4.69) is 224 Å². The first kappa shape index (κ1) is 41.0. The molecular weight excluding hydrogens is 875 g/mol. The summed E-state index contributed by atoms with van der Waals surface area (Å²) in [6.07, 6.45) is 10.4. The first-order chi connectivity index (χ1) is 35.6. The molecule has 0 bridgehead atoms. The normalized spacial score (nSPS) is 16.6. The molecule has 340 valence electrons. The second-order valence-corrected chi connectivity index (χ2v) is 19.9. The van der Waals surface area contributed by atoms with Crippen LogP contribution >= 0.6 is 0 Å². The second kappa shape index (κ2) is 16.1. The molecule has 1 aliphatic heterocycles. The number of hydrogen-bond donors (Lipinski definition) is 0. The molecule has 1 atom stereocenters. The summed E-state index contributed by atoms with van der Waals surface area (Å²) in [5.41, 5.74) is 18.4. The molecule has 12 aromatic rings. The zero-order valence-electron chi connectivity index (χ0n) is 39.9. The van der Waals surface area contributed by atoms with Crippen molar-refractivity contribution in [1.29, 1.82) is 0 Å². The van der Waals surface area contributed by atoms with Gasteiger partial charge < -0.3 is 8.98 Å². The van der Waals surface area contributed by atoms with E-state index in [0.29, 0.717) is 5.84 Å². The highest BCUT2D eigenvalue weighted by atomic mass is 16.3. The third-order valence-electron chi connectivity index (χ3n) is 15.7. The van der Waals surface area contributed by atoms with E-state index < -0.39 is 0 Å². The van der Waals surface area contributed by atoms with Gasteiger partial charge in [-0.3, -0.25) is 0 Å². The summed E-state index contributed by atoms with van der Waals surface area (Å²) in [4.78, 5) is 11.5. The average molecular weight is 922 g/mol. The Bertz CT molecular complexity index is 4460. The fraction of sp³-hybridized carbons (Fsp3) is 0.0882. The van der Waals surface area contributed by atoms with Crippen molar-refractivity contribution in [3.63, 3.8) is 0 Å². The van der Waals surface area contributed by atoms with Gasteiger partial charge in [-0.25, -0.2) is 9.98 Å². The van der Waals surface area contributed by atoms with E-state index in [1.54, 1.807) is 0 Å². The van der Waals surface area contributed by atoms with Gasteiger partial charge in [0.05, 0.1) is 22.4 Å². The summed E-state index contributed by atoms with van der Waals surface area (Å²) in [7, 11) is 0. The number of aryl methyl sites for hydroxylation is 1. The van der Waals surface area contributed by atoms with Gasteiger partial charge in [0.25, 0.3) is 0 Å². The quantitative estimate of drug-likeness (QED) is 0.170. The van der Waals surface area contributed by atoms with Crippen LogP contribution in [-0.4, -0.2) is 16.1 Å². The van der Waals surface area contributed by atoms with Crippen LogP contribution in [0.4, 0.5) is 0 Å². The van der Waals surface area contributed by atoms with E-state index in [1.807, 2.05) is 0 Å². The smallest absolute Gasteiger partial charge is 0.160 e. The van der Waals surface area contributed by atoms with Crippen LogP contribution in [0.1, 0.15) is 70.5 Å². The monoisotopic (exact) mass is 921 g/mol. The maximum atomic E-state index is 7.19. The molecule has 0 radical (unpaired) electrons. The lowest BCUT2D eigenvalue weighted by Crippen LogP contribution is -2.13. The number of allylic oxidation sites excluding steroid dienone is 5. The fourth-order valence-electron chi connectivity index (χ4n) is 12.4. The summed E-state index contributed by atoms with van der Waals surface area (Å²) < 4.78 is 9.57. The lowest BCUT2D eigenvalue weighted by molar-refractivity contribution is 0.671. The summed E-state index contributed by atoms with van der Waals surface area (Å²) in [6.45, 7) is 2.20. The number of fused-ring (bicyclic) bond motifs is 12. The topological polar surface area (TPSA) is 42.8 Å². The third kappa shape index (κ3) is 6.45. The Morgan fingerprint density at radius 2 is 1.32 bits per heavy atom. The number of rotatable bonds is 5. The van der Waals surface area contributed by atoms with Gasteiger partial charge in [0.2, 0.25) is 0 Å². The van der Waals surface area contributed by atoms with Crippen molar-refractivity contribution in [2.45, 2.75) is 38.5 Å². The molecule has 0 N–H and O–H groups in total. The molecule has 0 saturated carbocycles. The van der Waals surface area contributed by atoms with Gasteiger partial charge in [-0.05, 0) is 148 Å². The predicted molar refractivity (Wildman–Crippen MR) is 302 cm³/mol. The lowest BCUT2D eigenvalue weighted by Gasteiger charge is -2.29. The first-order valence-electron chi connectivity index (χ1n) is 25.3. The number of para-hydroxylation sites is 2. The molecule has 0 fully saturated rings. The molecule has 3 heterocycles. The number of nitrogens with zero attached hydrogens (tertiary/aromatic N) is 3. The van der Waals surface area contributed by atoms with E-state index in [-0.39, 0.29) is 5.92 Å². The van der Waals surface area contributed by atoms with Gasteiger partial charge in [-0.15, -0.1) is 0 Å². The van der Waals surface area contributed by atoms with Crippen LogP contribution in [-0.2, 0) is 0 Å². The van der Waals surface area contributed by atoms with Gasteiger partial charge in [0.15, 0.2) is 5.84 Å². The number of benzene rings is 10. The Hall–Kier alpha value is -8.86. The summed E-state index contributed by atoms with van der Waals surface area (Å²) in [5, 5.41) is 11.9. The molecule has 0 saturated heterocycles. The van der Waals surface area contributed by atoms with E-state index in [0.717, 1.165) is 103 Å². The molecular formula is C68H47N3O. The Kier molecular flexibility index (Phi) is 9.16. The minimum absolute atomic E-state index is 0.0840. The maximum absolute atomic E-state index is 7.19. The van der Waals surface area contributed by atoms with Crippen molar-refractivity contribution >= 4 is 98.9 Å². The lowest BCUT2D eigenvalue weighted by atomic mass is 9.74. The second-order valence-electron chi connectivity index (χ2n) is 19.9. The number of aliphatic imine (C=N–C) groups is 2. The van der Waals surface area contributed by atoms with E-state index in [1.165, 1.54) is 65.7 Å². The molecule has 0 spiro atoms. The first-order valence-corrected chi connectivity index (χ1v) is 25.3. The predicted octanol–water partition coefficient (Wildman–Crippen LogP) is 17.8. The van der Waals surface area contributed by atoms with Gasteiger partial charge in [0.1, 0.15) is 11.2 Å². The molecule has 2 aliphatic carbocycles. The van der Waals surface area contributed by atoms with Gasteiger partial charge in [0, 0.05) is 55.2 Å². The largest absolute Gasteiger partial charge is 0.455 e. The molecule has 4 nitrogen and oxygen atoms in total. The van der Waals surface area contributed by atoms with Crippen LogP contribution in [0.25, 0.3) is 93.0 Å². The summed E-state index contributed by atoms with van der Waals surface area (Å²) >= 11 is 0. The Morgan fingerprint density at radius 1 is 0.542 bits per heavy atom. The maximum Gasteiger partial charge on any atom is 0.160 e. The van der Waals surface area contributed by atoms with Crippen molar-refractivity contribution in [1.82, 2.24) is 4.57 Å². The number of amidine groups is 1. The van der Waals surface area contributed by atoms with Crippen LogP contribution < -0.4 is 0 Å². The molecule has 10 aromatic carbocycles. The van der Waals surface area contributed by atoms with Crippen molar-refractivity contribution in [3.8, 4) is 5.69 Å². The molecule has 72 heavy (non-hydrogen) atoms. The van der Waals surface area contributed by atoms with Crippen molar-refractivity contribution in [2.24, 2.45) is 9.98 Å².